The van der Waals surface area contributed by atoms with Crippen LogP contribution in [-0.2, 0) is 5.60 Å². The van der Waals surface area contributed by atoms with Gasteiger partial charge in [0.05, 0.1) is 30.6 Å². The highest BCUT2D eigenvalue weighted by molar-refractivity contribution is 5.88. The van der Waals surface area contributed by atoms with E-state index in [-0.39, 0.29) is 11.3 Å². The standard InChI is InChI=1S/C29H28F5N5O2/c1-28(2,40)20-13-23(38-27(25(20)31)16-6-8-19(30)9-7-16)21(29(32,33)34)14-39(36)15-22(35)18-11-17-5-4-10-37-26(17)24(12-18)41-3/h4-13,15,21,40H,14,35-36H2,1-3H3/b22-15-. The lowest BCUT2D eigenvalue weighted by molar-refractivity contribution is -0.154. The van der Waals surface area contributed by atoms with Crippen LogP contribution >= 0.6 is 0 Å². The molecule has 0 bridgehead atoms. The molecule has 1 atom stereocenters. The van der Waals surface area contributed by atoms with Gasteiger partial charge in [0.15, 0.2) is 5.82 Å². The highest BCUT2D eigenvalue weighted by atomic mass is 19.4. The maximum atomic E-state index is 15.4. The predicted octanol–water partition coefficient (Wildman–Crippen LogP) is 5.59. The molecule has 5 N–H and O–H groups in total. The first-order chi connectivity index (χ1) is 19.2. The van der Waals surface area contributed by atoms with Crippen molar-refractivity contribution in [3.05, 3.63) is 95.4 Å². The van der Waals surface area contributed by atoms with Crippen LogP contribution in [0.25, 0.3) is 27.9 Å². The molecule has 0 fully saturated rings. The van der Waals surface area contributed by atoms with Crippen molar-refractivity contribution in [2.24, 2.45) is 11.6 Å². The van der Waals surface area contributed by atoms with Gasteiger partial charge in [0.1, 0.15) is 28.7 Å². The van der Waals surface area contributed by atoms with E-state index >= 15 is 4.39 Å². The number of hydrazine groups is 1. The van der Waals surface area contributed by atoms with E-state index in [4.69, 9.17) is 16.3 Å². The minimum Gasteiger partial charge on any atom is -0.494 e. The van der Waals surface area contributed by atoms with Gasteiger partial charge in [0.2, 0.25) is 0 Å². The van der Waals surface area contributed by atoms with Crippen LogP contribution in [0.4, 0.5) is 22.0 Å². The molecule has 4 rings (SSSR count). The van der Waals surface area contributed by atoms with Gasteiger partial charge in [-0.15, -0.1) is 0 Å². The van der Waals surface area contributed by atoms with E-state index in [0.717, 1.165) is 29.4 Å². The third kappa shape index (κ3) is 6.55. The lowest BCUT2D eigenvalue weighted by Gasteiger charge is -2.27. The summed E-state index contributed by atoms with van der Waals surface area (Å²) in [6.45, 7) is 1.62. The van der Waals surface area contributed by atoms with Crippen molar-refractivity contribution in [2.45, 2.75) is 31.5 Å². The zero-order valence-electron chi connectivity index (χ0n) is 22.4. The average Bonchev–Trinajstić information content (AvgIpc) is 2.90. The van der Waals surface area contributed by atoms with E-state index in [0.29, 0.717) is 22.2 Å². The Hall–Kier alpha value is -4.29. The summed E-state index contributed by atoms with van der Waals surface area (Å²) in [5, 5.41) is 12.0. The Bertz CT molecular complexity index is 1580. The predicted molar refractivity (Wildman–Crippen MR) is 145 cm³/mol. The number of aromatic nitrogens is 2. The number of nitrogens with two attached hydrogens (primary N) is 2. The Labute approximate surface area is 232 Å². The quantitative estimate of drug-likeness (QED) is 0.143. The molecule has 12 heteroatoms. The molecule has 4 aromatic rings. The molecule has 0 aliphatic carbocycles. The van der Waals surface area contributed by atoms with Crippen molar-refractivity contribution in [1.29, 1.82) is 0 Å². The van der Waals surface area contributed by atoms with Crippen LogP contribution in [0.3, 0.4) is 0 Å². The lowest BCUT2D eigenvalue weighted by Crippen LogP contribution is -2.37. The molecule has 2 aromatic carbocycles. The Morgan fingerprint density at radius 3 is 2.39 bits per heavy atom. The zero-order valence-corrected chi connectivity index (χ0v) is 22.4. The van der Waals surface area contributed by atoms with E-state index in [1.165, 1.54) is 33.1 Å². The number of aliphatic hydroxyl groups is 1. The second-order valence-electron chi connectivity index (χ2n) is 9.95. The van der Waals surface area contributed by atoms with Gasteiger partial charge in [-0.05, 0) is 62.4 Å². The summed E-state index contributed by atoms with van der Waals surface area (Å²) in [5.74, 6) is 2.44. The number of alkyl halides is 3. The molecule has 0 saturated heterocycles. The zero-order chi connectivity index (χ0) is 30.1. The van der Waals surface area contributed by atoms with Gasteiger partial charge < -0.3 is 20.6 Å². The largest absolute Gasteiger partial charge is 0.494 e. The summed E-state index contributed by atoms with van der Waals surface area (Å²) in [6.07, 6.45) is -2.15. The topological polar surface area (TPSA) is 111 Å². The number of ether oxygens (including phenoxy) is 1. The van der Waals surface area contributed by atoms with E-state index in [1.807, 2.05) is 0 Å². The Kier molecular flexibility index (Phi) is 8.18. The first kappa shape index (κ1) is 29.7. The van der Waals surface area contributed by atoms with Crippen molar-refractivity contribution in [3.63, 3.8) is 0 Å². The summed E-state index contributed by atoms with van der Waals surface area (Å²) in [6, 6.07) is 12.1. The third-order valence-corrected chi connectivity index (χ3v) is 6.43. The molecule has 0 amide bonds. The van der Waals surface area contributed by atoms with Gasteiger partial charge in [0, 0.05) is 34.5 Å². The SMILES string of the molecule is COc1cc(/C(N)=C/N(N)CC(c2cc(C(C)(C)O)c(F)c(-c3ccc(F)cc3)n2)C(F)(F)F)cc2cccnc12. The summed E-state index contributed by atoms with van der Waals surface area (Å²) in [7, 11) is 1.45. The van der Waals surface area contributed by atoms with Crippen molar-refractivity contribution < 1.29 is 31.8 Å². The number of hydrogen-bond donors (Lipinski definition) is 3. The summed E-state index contributed by atoms with van der Waals surface area (Å²) in [4.78, 5) is 8.24. The van der Waals surface area contributed by atoms with Crippen LogP contribution in [0.1, 0.15) is 36.6 Å². The highest BCUT2D eigenvalue weighted by Crippen LogP contribution is 2.39. The molecule has 0 radical (unpaired) electrons. The number of nitrogens with zero attached hydrogens (tertiary/aromatic N) is 3. The number of benzene rings is 2. The number of rotatable bonds is 8. The van der Waals surface area contributed by atoms with Gasteiger partial charge in [-0.3, -0.25) is 4.98 Å². The van der Waals surface area contributed by atoms with Gasteiger partial charge in [-0.25, -0.2) is 19.6 Å². The van der Waals surface area contributed by atoms with E-state index in [1.54, 1.807) is 30.5 Å². The van der Waals surface area contributed by atoms with Crippen molar-refractivity contribution in [1.82, 2.24) is 15.0 Å². The minimum absolute atomic E-state index is 0.0330. The van der Waals surface area contributed by atoms with Crippen molar-refractivity contribution >= 4 is 16.6 Å². The van der Waals surface area contributed by atoms with Gasteiger partial charge in [-0.2, -0.15) is 13.2 Å². The summed E-state index contributed by atoms with van der Waals surface area (Å²) in [5.41, 5.74) is 3.97. The summed E-state index contributed by atoms with van der Waals surface area (Å²) < 4.78 is 77.5. The molecule has 1 unspecified atom stereocenters. The molecule has 7 nitrogen and oxygen atoms in total. The number of methoxy groups -OCH3 is 1. The maximum Gasteiger partial charge on any atom is 0.399 e. The van der Waals surface area contributed by atoms with Gasteiger partial charge >= 0.3 is 6.18 Å². The van der Waals surface area contributed by atoms with Gasteiger partial charge in [0.25, 0.3) is 0 Å². The number of pyridine rings is 2. The molecule has 0 spiro atoms. The molecule has 216 valence electrons. The Balaban J connectivity index is 1.75. The smallest absolute Gasteiger partial charge is 0.399 e. The van der Waals surface area contributed by atoms with Gasteiger partial charge in [-0.1, -0.05) is 6.07 Å². The molecule has 0 saturated carbocycles. The average molecular weight is 574 g/mol. The van der Waals surface area contributed by atoms with Crippen molar-refractivity contribution in [3.8, 4) is 17.0 Å². The lowest BCUT2D eigenvalue weighted by atomic mass is 9.92. The number of hydrogen-bond acceptors (Lipinski definition) is 7. The third-order valence-electron chi connectivity index (χ3n) is 6.43. The fourth-order valence-corrected chi connectivity index (χ4v) is 4.33. The molecule has 2 aromatic heterocycles. The number of halogens is 5. The van der Waals surface area contributed by atoms with Crippen LogP contribution in [0.5, 0.6) is 5.75 Å². The highest BCUT2D eigenvalue weighted by Gasteiger charge is 2.43. The van der Waals surface area contributed by atoms with E-state index in [2.05, 4.69) is 9.97 Å². The fraction of sp³-hybridized carbons (Fsp3) is 0.241. The second kappa shape index (κ2) is 11.3. The van der Waals surface area contributed by atoms with Crippen LogP contribution in [0, 0.1) is 11.6 Å². The normalized spacial score (nSPS) is 13.4. The van der Waals surface area contributed by atoms with Crippen LogP contribution in [-0.4, -0.2) is 39.9 Å². The van der Waals surface area contributed by atoms with Crippen molar-refractivity contribution in [2.75, 3.05) is 13.7 Å². The van der Waals surface area contributed by atoms with E-state index < -0.39 is 52.8 Å². The molecular formula is C29H28F5N5O2. The molecule has 41 heavy (non-hydrogen) atoms. The minimum atomic E-state index is -4.88. The van der Waals surface area contributed by atoms with E-state index in [9.17, 15) is 22.7 Å². The molecule has 0 aliphatic rings. The molecule has 2 heterocycles. The monoisotopic (exact) mass is 573 g/mol. The maximum absolute atomic E-state index is 15.4. The fourth-order valence-electron chi connectivity index (χ4n) is 4.33. The van der Waals surface area contributed by atoms with Crippen LogP contribution < -0.4 is 16.3 Å². The van der Waals surface area contributed by atoms with Crippen LogP contribution in [0.15, 0.2) is 67.0 Å². The number of fused-ring (bicyclic) bond motifs is 1. The first-order valence-corrected chi connectivity index (χ1v) is 12.4. The molecular weight excluding hydrogens is 545 g/mol. The first-order valence-electron chi connectivity index (χ1n) is 12.4. The summed E-state index contributed by atoms with van der Waals surface area (Å²) >= 11 is 0. The second-order valence-corrected chi connectivity index (χ2v) is 9.95. The Morgan fingerprint density at radius 2 is 1.78 bits per heavy atom. The van der Waals surface area contributed by atoms with Crippen LogP contribution in [0.2, 0.25) is 0 Å². The Morgan fingerprint density at radius 1 is 1.10 bits per heavy atom. The molecule has 0 aliphatic heterocycles.